The Morgan fingerprint density at radius 2 is 2.25 bits per heavy atom. The molecule has 3 N–H and O–H groups in total. The third kappa shape index (κ3) is 3.11. The second-order valence-electron chi connectivity index (χ2n) is 5.39. The predicted molar refractivity (Wildman–Crippen MR) is 84.5 cm³/mol. The van der Waals surface area contributed by atoms with Crippen LogP contribution in [0.5, 0.6) is 0 Å². The summed E-state index contributed by atoms with van der Waals surface area (Å²) in [5.41, 5.74) is 0.0250. The molecule has 2 aromatic heterocycles. The van der Waals surface area contributed by atoms with Crippen molar-refractivity contribution in [3.8, 4) is 0 Å². The van der Waals surface area contributed by atoms with E-state index in [0.29, 0.717) is 5.82 Å². The highest BCUT2D eigenvalue weighted by molar-refractivity contribution is 7.32. The van der Waals surface area contributed by atoms with Crippen LogP contribution in [0.25, 0.3) is 11.2 Å². The fourth-order valence-electron chi connectivity index (χ4n) is 2.76. The molecule has 2 aromatic rings. The number of aliphatic hydroxyl groups is 1. The molecule has 0 amide bonds. The van der Waals surface area contributed by atoms with Crippen LogP contribution >= 0.6 is 8.25 Å². The lowest BCUT2D eigenvalue weighted by Crippen LogP contribution is -2.27. The summed E-state index contributed by atoms with van der Waals surface area (Å²) in [6, 6.07) is 0. The largest absolute Gasteiger partial charge is 0.695 e. The molecule has 0 radical (unpaired) electrons. The number of hydrogen-bond donors (Lipinski definition) is 3. The second kappa shape index (κ2) is 7.04. The summed E-state index contributed by atoms with van der Waals surface area (Å²) in [6.45, 7) is 3.11. The van der Waals surface area contributed by atoms with E-state index < -0.39 is 26.7 Å². The van der Waals surface area contributed by atoms with Crippen LogP contribution < -0.4 is 5.56 Å². The van der Waals surface area contributed by atoms with Gasteiger partial charge >= 0.3 is 8.25 Å². The van der Waals surface area contributed by atoms with E-state index >= 15 is 0 Å². The first-order valence-corrected chi connectivity index (χ1v) is 8.08. The SMILES string of the molecule is C.Cc1nc2c(ncn2[C@@H]2O[C@H](CO)C(C)[C@@H]2O[P+](=O)O)c(=O)[nH]1. The lowest BCUT2D eigenvalue weighted by molar-refractivity contribution is -0.0450. The molecule has 0 saturated carbocycles. The molecule has 1 aliphatic heterocycles. The molecule has 0 bridgehead atoms. The molecule has 3 heterocycles. The van der Waals surface area contributed by atoms with E-state index in [9.17, 15) is 14.5 Å². The lowest BCUT2D eigenvalue weighted by Gasteiger charge is -2.16. The number of fused-ring (bicyclic) bond motifs is 1. The van der Waals surface area contributed by atoms with Crippen molar-refractivity contribution in [2.75, 3.05) is 6.61 Å². The van der Waals surface area contributed by atoms with Crippen LogP contribution in [0, 0.1) is 12.8 Å². The zero-order chi connectivity index (χ0) is 16.7. The van der Waals surface area contributed by atoms with Gasteiger partial charge in [0, 0.05) is 10.5 Å². The summed E-state index contributed by atoms with van der Waals surface area (Å²) < 4.78 is 23.4. The minimum atomic E-state index is -2.85. The molecule has 0 aliphatic carbocycles. The van der Waals surface area contributed by atoms with E-state index in [1.807, 2.05) is 0 Å². The number of imidazole rings is 1. The number of hydrogen-bond acceptors (Lipinski definition) is 7. The molecule has 3 rings (SSSR count). The minimum Gasteiger partial charge on any atom is -0.394 e. The van der Waals surface area contributed by atoms with E-state index in [2.05, 4.69) is 15.0 Å². The van der Waals surface area contributed by atoms with Crippen LogP contribution in [0.1, 0.15) is 26.4 Å². The summed E-state index contributed by atoms with van der Waals surface area (Å²) in [4.78, 5) is 31.8. The highest BCUT2D eigenvalue weighted by Crippen LogP contribution is 2.40. The fourth-order valence-corrected chi connectivity index (χ4v) is 3.26. The standard InChI is InChI=1S/C12H15N4O6P.CH4/c1-5-7(3-17)21-12(9(5)22-23(19)20)16-4-13-8-10(16)14-6(2)15-11(8)18;/h4-5,7,9,12,17H,3H2,1-2H3,(H-,14,15,18,19,20);1H4/p+1/t5?,7-,9+,12-;/m1./s1. The summed E-state index contributed by atoms with van der Waals surface area (Å²) in [5.74, 6) is 0.0661. The van der Waals surface area contributed by atoms with Crippen molar-refractivity contribution in [2.45, 2.75) is 39.7 Å². The Morgan fingerprint density at radius 1 is 1.54 bits per heavy atom. The number of H-pyrrole nitrogens is 1. The molecule has 10 nitrogen and oxygen atoms in total. The number of aromatic amines is 1. The third-order valence-electron chi connectivity index (χ3n) is 3.92. The molecule has 1 fully saturated rings. The first kappa shape index (κ1) is 18.6. The van der Waals surface area contributed by atoms with Crippen molar-refractivity contribution >= 4 is 19.4 Å². The minimum absolute atomic E-state index is 0. The van der Waals surface area contributed by atoms with Gasteiger partial charge in [-0.25, -0.2) is 9.97 Å². The van der Waals surface area contributed by atoms with E-state index in [4.69, 9.17) is 14.2 Å². The summed E-state index contributed by atoms with van der Waals surface area (Å²) in [7, 11) is -2.85. The van der Waals surface area contributed by atoms with E-state index in [-0.39, 0.29) is 36.7 Å². The van der Waals surface area contributed by atoms with Gasteiger partial charge in [0.25, 0.3) is 5.56 Å². The maximum absolute atomic E-state index is 11.9. The molecule has 11 heteroatoms. The summed E-state index contributed by atoms with van der Waals surface area (Å²) >= 11 is 0. The van der Waals surface area contributed by atoms with Crippen LogP contribution in [0.3, 0.4) is 0 Å². The van der Waals surface area contributed by atoms with Gasteiger partial charge in [-0.2, -0.15) is 0 Å². The van der Waals surface area contributed by atoms with Gasteiger partial charge in [-0.05, 0) is 6.92 Å². The Balaban J connectivity index is 0.00000208. The van der Waals surface area contributed by atoms with Crippen LogP contribution in [0.2, 0.25) is 0 Å². The zero-order valence-corrected chi connectivity index (χ0v) is 13.3. The molecular formula is C13H20N4O6P+. The summed E-state index contributed by atoms with van der Waals surface area (Å²) in [5, 5.41) is 9.39. The Bertz CT molecular complexity index is 805. The highest BCUT2D eigenvalue weighted by atomic mass is 31.1. The number of rotatable bonds is 4. The van der Waals surface area contributed by atoms with Crippen LogP contribution in [-0.2, 0) is 13.8 Å². The molecule has 24 heavy (non-hydrogen) atoms. The Hall–Kier alpha value is -1.71. The van der Waals surface area contributed by atoms with Gasteiger partial charge in [0.15, 0.2) is 23.5 Å². The molecule has 0 aromatic carbocycles. The van der Waals surface area contributed by atoms with E-state index in [0.717, 1.165) is 0 Å². The van der Waals surface area contributed by atoms with Crippen LogP contribution in [-0.4, -0.2) is 48.3 Å². The van der Waals surface area contributed by atoms with Crippen molar-refractivity contribution in [2.24, 2.45) is 5.92 Å². The molecule has 1 saturated heterocycles. The van der Waals surface area contributed by atoms with Crippen molar-refractivity contribution < 1.29 is 23.8 Å². The monoisotopic (exact) mass is 359 g/mol. The van der Waals surface area contributed by atoms with Gasteiger partial charge in [0.05, 0.1) is 19.0 Å². The second-order valence-corrected chi connectivity index (χ2v) is 6.08. The number of aryl methyl sites for hydroxylation is 1. The van der Waals surface area contributed by atoms with Crippen molar-refractivity contribution in [3.05, 3.63) is 22.5 Å². The topological polar surface area (TPSA) is 140 Å². The Labute approximate surface area is 138 Å². The molecule has 132 valence electrons. The number of nitrogens with one attached hydrogen (secondary N) is 1. The first-order chi connectivity index (χ1) is 10.9. The van der Waals surface area contributed by atoms with Crippen molar-refractivity contribution in [3.63, 3.8) is 0 Å². The molecular weight excluding hydrogens is 339 g/mol. The van der Waals surface area contributed by atoms with Gasteiger partial charge in [-0.15, -0.1) is 9.42 Å². The van der Waals surface area contributed by atoms with Crippen LogP contribution in [0.4, 0.5) is 0 Å². The van der Waals surface area contributed by atoms with Gasteiger partial charge in [-0.3, -0.25) is 9.36 Å². The number of aliphatic hydroxyl groups excluding tert-OH is 1. The molecule has 5 atom stereocenters. The quantitative estimate of drug-likeness (QED) is 0.675. The van der Waals surface area contributed by atoms with Gasteiger partial charge in [0.2, 0.25) is 0 Å². The average Bonchev–Trinajstić information content (AvgIpc) is 3.01. The van der Waals surface area contributed by atoms with Gasteiger partial charge in [-0.1, -0.05) is 14.4 Å². The first-order valence-electron chi connectivity index (χ1n) is 6.95. The maximum Gasteiger partial charge on any atom is 0.695 e. The highest BCUT2D eigenvalue weighted by Gasteiger charge is 2.48. The van der Waals surface area contributed by atoms with E-state index in [1.165, 1.54) is 10.9 Å². The smallest absolute Gasteiger partial charge is 0.394 e. The molecule has 0 spiro atoms. The predicted octanol–water partition coefficient (Wildman–Crippen LogP) is 0.625. The number of nitrogens with zero attached hydrogens (tertiary/aromatic N) is 3. The Kier molecular flexibility index (Phi) is 5.46. The summed E-state index contributed by atoms with van der Waals surface area (Å²) in [6.07, 6.45) is -0.823. The van der Waals surface area contributed by atoms with Crippen LogP contribution in [0.15, 0.2) is 11.1 Å². The number of ether oxygens (including phenoxy) is 1. The van der Waals surface area contributed by atoms with Gasteiger partial charge < -0.3 is 14.8 Å². The Morgan fingerprint density at radius 3 is 2.88 bits per heavy atom. The van der Waals surface area contributed by atoms with Crippen molar-refractivity contribution in [1.82, 2.24) is 19.5 Å². The molecule has 2 unspecified atom stereocenters. The van der Waals surface area contributed by atoms with Crippen molar-refractivity contribution in [1.29, 1.82) is 0 Å². The zero-order valence-electron chi connectivity index (χ0n) is 12.4. The number of aromatic nitrogens is 4. The fraction of sp³-hybridized carbons (Fsp3) is 0.615. The average molecular weight is 359 g/mol. The van der Waals surface area contributed by atoms with Gasteiger partial charge in [0.1, 0.15) is 5.82 Å². The molecule has 1 aliphatic rings. The normalized spacial score (nSPS) is 27.2. The van der Waals surface area contributed by atoms with E-state index in [1.54, 1.807) is 13.8 Å². The third-order valence-corrected chi connectivity index (χ3v) is 4.34. The lowest BCUT2D eigenvalue weighted by atomic mass is 10.0. The maximum atomic E-state index is 11.9.